The van der Waals surface area contributed by atoms with Gasteiger partial charge in [-0.2, -0.15) is 5.10 Å². The molecule has 3 aromatic rings. The van der Waals surface area contributed by atoms with Crippen molar-refractivity contribution < 1.29 is 9.57 Å². The molecular formula is C21H23N6O2-. The molecule has 0 radical (unpaired) electrons. The molecule has 1 atom stereocenters. The monoisotopic (exact) mass is 391 g/mol. The van der Waals surface area contributed by atoms with Gasteiger partial charge in [-0.25, -0.2) is 4.98 Å². The van der Waals surface area contributed by atoms with Gasteiger partial charge in [0, 0.05) is 36.1 Å². The second kappa shape index (κ2) is 6.65. The molecule has 0 aliphatic carbocycles. The molecule has 29 heavy (non-hydrogen) atoms. The third-order valence-corrected chi connectivity index (χ3v) is 5.38. The van der Waals surface area contributed by atoms with Crippen LogP contribution in [0.1, 0.15) is 37.7 Å². The highest BCUT2D eigenvalue weighted by atomic mass is 16.7. The zero-order valence-electron chi connectivity index (χ0n) is 17.0. The highest BCUT2D eigenvalue weighted by molar-refractivity contribution is 6.08. The first kappa shape index (κ1) is 17.8. The molecule has 0 saturated heterocycles. The van der Waals surface area contributed by atoms with E-state index in [1.165, 1.54) is 0 Å². The van der Waals surface area contributed by atoms with Crippen LogP contribution in [0, 0.1) is 5.92 Å². The van der Waals surface area contributed by atoms with Crippen LogP contribution in [-0.4, -0.2) is 38.5 Å². The first-order chi connectivity index (χ1) is 14.1. The Kier molecular flexibility index (Phi) is 4.08. The number of aryl methyl sites for hydroxylation is 1. The van der Waals surface area contributed by atoms with Crippen molar-refractivity contribution in [3.63, 3.8) is 0 Å². The van der Waals surface area contributed by atoms with Gasteiger partial charge in [0.05, 0.1) is 29.9 Å². The van der Waals surface area contributed by atoms with Crippen LogP contribution >= 0.6 is 0 Å². The number of oxime groups is 1. The van der Waals surface area contributed by atoms with Gasteiger partial charge in [-0.1, -0.05) is 13.8 Å². The lowest BCUT2D eigenvalue weighted by Gasteiger charge is -2.20. The summed E-state index contributed by atoms with van der Waals surface area (Å²) in [7, 11) is 1.68. The van der Waals surface area contributed by atoms with Crippen molar-refractivity contribution in [3.05, 3.63) is 53.0 Å². The maximum atomic E-state index is 5.50. The fourth-order valence-electron chi connectivity index (χ4n) is 3.79. The van der Waals surface area contributed by atoms with E-state index in [1.807, 2.05) is 29.2 Å². The molecule has 1 aromatic carbocycles. The molecule has 2 aliphatic rings. The van der Waals surface area contributed by atoms with Crippen LogP contribution in [0.4, 0.5) is 0 Å². The van der Waals surface area contributed by atoms with Crippen molar-refractivity contribution in [1.29, 1.82) is 0 Å². The standard InChI is InChI=1S/C21H23N6O2/c1-5-26-10-13-8-17-19(20-23-21(12(2)3)29-25-20)22-11-27(17)16-7-6-14(28-4)9-15(16)18(13)24-26/h6-7,9-12,21H,5,8H2,1-4H3/q-1. The third kappa shape index (κ3) is 2.78. The summed E-state index contributed by atoms with van der Waals surface area (Å²) in [5, 5.41) is 13.7. The molecule has 0 spiro atoms. The normalized spacial score (nSPS) is 17.0. The van der Waals surface area contributed by atoms with Crippen LogP contribution in [0.2, 0.25) is 0 Å². The maximum absolute atomic E-state index is 5.50. The molecule has 150 valence electrons. The Morgan fingerprint density at radius 1 is 1.31 bits per heavy atom. The Morgan fingerprint density at radius 2 is 2.17 bits per heavy atom. The predicted molar refractivity (Wildman–Crippen MR) is 109 cm³/mol. The Hall–Kier alpha value is -3.29. The van der Waals surface area contributed by atoms with Gasteiger partial charge in [0.25, 0.3) is 0 Å². The van der Waals surface area contributed by atoms with Crippen LogP contribution in [0.25, 0.3) is 22.3 Å². The number of benzene rings is 1. The quantitative estimate of drug-likeness (QED) is 0.531. The molecule has 2 aromatic heterocycles. The smallest absolute Gasteiger partial charge is 0.119 e. The van der Waals surface area contributed by atoms with Crippen LogP contribution in [0.3, 0.4) is 0 Å². The molecule has 0 fully saturated rings. The van der Waals surface area contributed by atoms with Crippen molar-refractivity contribution >= 4 is 5.84 Å². The minimum absolute atomic E-state index is 0.250. The Bertz CT molecular complexity index is 1110. The van der Waals surface area contributed by atoms with E-state index in [1.54, 1.807) is 7.11 Å². The van der Waals surface area contributed by atoms with Gasteiger partial charge in [0.1, 0.15) is 18.3 Å². The van der Waals surface area contributed by atoms with E-state index in [0.717, 1.165) is 46.2 Å². The number of aromatic nitrogens is 4. The van der Waals surface area contributed by atoms with Crippen molar-refractivity contribution in [2.24, 2.45) is 11.1 Å². The summed E-state index contributed by atoms with van der Waals surface area (Å²) in [6.45, 7) is 7.03. The van der Waals surface area contributed by atoms with E-state index in [2.05, 4.69) is 47.0 Å². The summed E-state index contributed by atoms with van der Waals surface area (Å²) in [6.07, 6.45) is 4.36. The Morgan fingerprint density at radius 3 is 2.90 bits per heavy atom. The summed E-state index contributed by atoms with van der Waals surface area (Å²) < 4.78 is 9.54. The minimum atomic E-state index is -0.261. The van der Waals surface area contributed by atoms with Crippen LogP contribution < -0.4 is 4.74 Å². The van der Waals surface area contributed by atoms with E-state index in [0.29, 0.717) is 12.3 Å². The van der Waals surface area contributed by atoms with Crippen LogP contribution in [0.15, 0.2) is 35.9 Å². The lowest BCUT2D eigenvalue weighted by molar-refractivity contribution is 0.0717. The van der Waals surface area contributed by atoms with Gasteiger partial charge in [0.15, 0.2) is 0 Å². The Balaban J connectivity index is 1.67. The summed E-state index contributed by atoms with van der Waals surface area (Å²) >= 11 is 0. The molecule has 8 heteroatoms. The molecule has 5 rings (SSSR count). The van der Waals surface area contributed by atoms with E-state index in [-0.39, 0.29) is 12.1 Å². The zero-order chi connectivity index (χ0) is 20.1. The highest BCUT2D eigenvalue weighted by Crippen LogP contribution is 2.38. The molecular weight excluding hydrogens is 368 g/mol. The van der Waals surface area contributed by atoms with Crippen molar-refractivity contribution in [1.82, 2.24) is 19.3 Å². The van der Waals surface area contributed by atoms with Gasteiger partial charge in [0.2, 0.25) is 0 Å². The topological polar surface area (TPSA) is 80.6 Å². The van der Waals surface area contributed by atoms with E-state index < -0.39 is 0 Å². The maximum Gasteiger partial charge on any atom is 0.119 e. The lowest BCUT2D eigenvalue weighted by Crippen LogP contribution is -2.14. The number of hydrogen-bond donors (Lipinski definition) is 0. The molecule has 4 heterocycles. The Labute approximate surface area is 169 Å². The van der Waals surface area contributed by atoms with Crippen molar-refractivity contribution in [2.45, 2.75) is 40.0 Å². The van der Waals surface area contributed by atoms with Crippen molar-refractivity contribution in [2.75, 3.05) is 7.11 Å². The number of amidine groups is 1. The first-order valence-corrected chi connectivity index (χ1v) is 9.85. The van der Waals surface area contributed by atoms with Crippen LogP contribution in [0.5, 0.6) is 5.75 Å². The van der Waals surface area contributed by atoms with Gasteiger partial charge in [-0.3, -0.25) is 9.84 Å². The molecule has 0 amide bonds. The number of ether oxygens (including phenoxy) is 1. The van der Waals surface area contributed by atoms with E-state index in [4.69, 9.17) is 14.7 Å². The van der Waals surface area contributed by atoms with Crippen LogP contribution in [-0.2, 0) is 17.8 Å². The SMILES string of the molecule is CCn1cc2c(n1)-c1cc(OC)ccc1-n1cnc(C3=NOC(C(C)C)[N-]3)c1C2. The fourth-order valence-corrected chi connectivity index (χ4v) is 3.79. The molecule has 0 saturated carbocycles. The summed E-state index contributed by atoms with van der Waals surface area (Å²) in [5.41, 5.74) is 5.93. The molecule has 0 N–H and O–H groups in total. The molecule has 0 bridgehead atoms. The number of nitrogens with zero attached hydrogens (tertiary/aromatic N) is 6. The van der Waals surface area contributed by atoms with E-state index >= 15 is 0 Å². The largest absolute Gasteiger partial charge is 0.497 e. The van der Waals surface area contributed by atoms with Gasteiger partial charge >= 0.3 is 0 Å². The second-order valence-electron chi connectivity index (χ2n) is 7.61. The van der Waals surface area contributed by atoms with Crippen molar-refractivity contribution in [3.8, 4) is 22.7 Å². The number of rotatable bonds is 4. The lowest BCUT2D eigenvalue weighted by atomic mass is 10.0. The van der Waals surface area contributed by atoms with Gasteiger partial charge < -0.3 is 19.5 Å². The summed E-state index contributed by atoms with van der Waals surface area (Å²) in [6, 6.07) is 6.04. The number of methoxy groups -OCH3 is 1. The number of imidazole rings is 1. The number of fused-ring (bicyclic) bond motifs is 5. The summed E-state index contributed by atoms with van der Waals surface area (Å²) in [4.78, 5) is 10.2. The van der Waals surface area contributed by atoms with E-state index in [9.17, 15) is 0 Å². The third-order valence-electron chi connectivity index (χ3n) is 5.38. The van der Waals surface area contributed by atoms with Gasteiger partial charge in [-0.15, -0.1) is 0 Å². The first-order valence-electron chi connectivity index (χ1n) is 9.85. The predicted octanol–water partition coefficient (Wildman–Crippen LogP) is 3.72. The number of hydrogen-bond acceptors (Lipinski definition) is 5. The average molecular weight is 391 g/mol. The fraction of sp³-hybridized carbons (Fsp3) is 0.381. The second-order valence-corrected chi connectivity index (χ2v) is 7.61. The van der Waals surface area contributed by atoms with Gasteiger partial charge in [-0.05, 0) is 31.0 Å². The zero-order valence-corrected chi connectivity index (χ0v) is 17.0. The molecule has 1 unspecified atom stereocenters. The summed E-state index contributed by atoms with van der Waals surface area (Å²) in [5.74, 6) is 1.60. The minimum Gasteiger partial charge on any atom is -0.497 e. The molecule has 8 nitrogen and oxygen atoms in total. The highest BCUT2D eigenvalue weighted by Gasteiger charge is 2.27. The molecule has 2 aliphatic heterocycles. The average Bonchev–Trinajstić information content (AvgIpc) is 3.44.